The number of carbonyl (C=O) groups is 1. The van der Waals surface area contributed by atoms with E-state index in [1.165, 1.54) is 6.20 Å². The minimum atomic E-state index is -0.179. The second-order valence-corrected chi connectivity index (χ2v) is 6.70. The Morgan fingerprint density at radius 1 is 1.07 bits per heavy atom. The number of nitrogens with one attached hydrogen (secondary N) is 2. The lowest BCUT2D eigenvalue weighted by Crippen LogP contribution is -2.26. The predicted octanol–water partition coefficient (Wildman–Crippen LogP) is 3.89. The fourth-order valence-electron chi connectivity index (χ4n) is 2.91. The summed E-state index contributed by atoms with van der Waals surface area (Å²) in [4.78, 5) is 12.6. The van der Waals surface area contributed by atoms with E-state index in [1.807, 2.05) is 59.4 Å². The summed E-state index contributed by atoms with van der Waals surface area (Å²) in [5, 5.41) is 15.0. The molecule has 0 saturated carbocycles. The van der Waals surface area contributed by atoms with Crippen molar-refractivity contribution < 1.29 is 4.79 Å². The molecule has 6 nitrogen and oxygen atoms in total. The molecule has 0 aliphatic carbocycles. The van der Waals surface area contributed by atoms with Crippen LogP contribution in [0.25, 0.3) is 16.9 Å². The van der Waals surface area contributed by atoms with Gasteiger partial charge in [0.05, 0.1) is 28.8 Å². The van der Waals surface area contributed by atoms with Crippen LogP contribution < -0.4 is 5.32 Å². The van der Waals surface area contributed by atoms with Gasteiger partial charge in [-0.15, -0.1) is 0 Å². The first-order chi connectivity index (χ1) is 13.7. The van der Waals surface area contributed by atoms with E-state index < -0.39 is 0 Å². The van der Waals surface area contributed by atoms with Crippen LogP contribution in [-0.4, -0.2) is 32.4 Å². The fourth-order valence-corrected chi connectivity index (χ4v) is 3.04. The molecule has 140 valence electrons. The Bertz CT molecular complexity index is 1070. The Morgan fingerprint density at radius 3 is 2.64 bits per heavy atom. The molecule has 0 spiro atoms. The summed E-state index contributed by atoms with van der Waals surface area (Å²) in [7, 11) is 0. The van der Waals surface area contributed by atoms with Gasteiger partial charge < -0.3 is 5.32 Å². The predicted molar refractivity (Wildman–Crippen MR) is 109 cm³/mol. The van der Waals surface area contributed by atoms with Gasteiger partial charge in [-0.25, -0.2) is 4.68 Å². The second-order valence-electron chi connectivity index (χ2n) is 6.26. The van der Waals surface area contributed by atoms with Crippen molar-refractivity contribution in [2.24, 2.45) is 0 Å². The van der Waals surface area contributed by atoms with Crippen molar-refractivity contribution in [2.75, 3.05) is 6.54 Å². The van der Waals surface area contributed by atoms with E-state index in [4.69, 9.17) is 11.6 Å². The molecule has 0 fully saturated rings. The van der Waals surface area contributed by atoms with E-state index in [1.54, 1.807) is 12.1 Å². The lowest BCUT2D eigenvalue weighted by atomic mass is 10.1. The minimum absolute atomic E-state index is 0.179. The normalized spacial score (nSPS) is 10.8. The van der Waals surface area contributed by atoms with Gasteiger partial charge in [-0.1, -0.05) is 41.9 Å². The van der Waals surface area contributed by atoms with Crippen LogP contribution in [0.4, 0.5) is 0 Å². The zero-order valence-electron chi connectivity index (χ0n) is 15.0. The van der Waals surface area contributed by atoms with E-state index in [9.17, 15) is 4.79 Å². The standard InChI is InChI=1S/C21H18ClN5O/c22-16-8-6-15(7-9-16)20-19(14-24-25-20)21(28)23-12-10-17-11-13-27(26-17)18-4-2-1-3-5-18/h1-9,11,13-14H,10,12H2,(H,23,28)(H,24,25). The number of hydrogen-bond acceptors (Lipinski definition) is 3. The largest absolute Gasteiger partial charge is 0.352 e. The number of hydrogen-bond donors (Lipinski definition) is 2. The molecule has 28 heavy (non-hydrogen) atoms. The molecule has 0 radical (unpaired) electrons. The summed E-state index contributed by atoms with van der Waals surface area (Å²) in [6.45, 7) is 0.482. The number of aromatic nitrogens is 4. The van der Waals surface area contributed by atoms with E-state index in [0.29, 0.717) is 29.2 Å². The molecular weight excluding hydrogens is 374 g/mol. The Balaban J connectivity index is 1.38. The summed E-state index contributed by atoms with van der Waals surface area (Å²) < 4.78 is 1.83. The molecule has 2 heterocycles. The summed E-state index contributed by atoms with van der Waals surface area (Å²) in [5.74, 6) is -0.179. The van der Waals surface area contributed by atoms with Crippen molar-refractivity contribution >= 4 is 17.5 Å². The third-order valence-corrected chi connectivity index (χ3v) is 4.60. The van der Waals surface area contributed by atoms with E-state index in [2.05, 4.69) is 20.6 Å². The highest BCUT2D eigenvalue weighted by molar-refractivity contribution is 6.30. The Labute approximate surface area is 167 Å². The zero-order valence-corrected chi connectivity index (χ0v) is 15.7. The van der Waals surface area contributed by atoms with Crippen molar-refractivity contribution in [3.63, 3.8) is 0 Å². The van der Waals surface area contributed by atoms with Gasteiger partial charge in [0.25, 0.3) is 5.91 Å². The van der Waals surface area contributed by atoms with Gasteiger partial charge in [-0.3, -0.25) is 9.89 Å². The zero-order chi connectivity index (χ0) is 19.3. The summed E-state index contributed by atoms with van der Waals surface area (Å²) in [6.07, 6.45) is 4.09. The van der Waals surface area contributed by atoms with Crippen LogP contribution in [0.1, 0.15) is 16.1 Å². The molecule has 0 saturated heterocycles. The van der Waals surface area contributed by atoms with Gasteiger partial charge in [0.1, 0.15) is 0 Å². The number of rotatable bonds is 6. The first-order valence-electron chi connectivity index (χ1n) is 8.88. The molecule has 0 atom stereocenters. The fraction of sp³-hybridized carbons (Fsp3) is 0.0952. The quantitative estimate of drug-likeness (QED) is 0.523. The van der Waals surface area contributed by atoms with Gasteiger partial charge in [0, 0.05) is 29.7 Å². The van der Waals surface area contributed by atoms with Crippen LogP contribution in [0.5, 0.6) is 0 Å². The minimum Gasteiger partial charge on any atom is -0.352 e. The molecule has 4 rings (SSSR count). The first kappa shape index (κ1) is 18.0. The smallest absolute Gasteiger partial charge is 0.255 e. The molecule has 0 aliphatic heterocycles. The Morgan fingerprint density at radius 2 is 1.86 bits per heavy atom. The van der Waals surface area contributed by atoms with Gasteiger partial charge in [0.2, 0.25) is 0 Å². The highest BCUT2D eigenvalue weighted by atomic mass is 35.5. The number of nitrogens with zero attached hydrogens (tertiary/aromatic N) is 3. The molecule has 1 amide bonds. The number of aromatic amines is 1. The average Bonchev–Trinajstić information content (AvgIpc) is 3.39. The van der Waals surface area contributed by atoms with Gasteiger partial charge in [0.15, 0.2) is 0 Å². The lowest BCUT2D eigenvalue weighted by Gasteiger charge is -2.05. The number of H-pyrrole nitrogens is 1. The van der Waals surface area contributed by atoms with Crippen LogP contribution in [0.2, 0.25) is 5.02 Å². The van der Waals surface area contributed by atoms with Crippen LogP contribution in [0.15, 0.2) is 73.1 Å². The van der Waals surface area contributed by atoms with Crippen molar-refractivity contribution in [1.29, 1.82) is 0 Å². The van der Waals surface area contributed by atoms with E-state index in [-0.39, 0.29) is 5.91 Å². The van der Waals surface area contributed by atoms with Crippen LogP contribution in [0.3, 0.4) is 0 Å². The maximum atomic E-state index is 12.6. The molecule has 0 bridgehead atoms. The van der Waals surface area contributed by atoms with Crippen LogP contribution in [0, 0.1) is 0 Å². The molecular formula is C21H18ClN5O. The van der Waals surface area contributed by atoms with Crippen molar-refractivity contribution in [3.05, 3.63) is 89.3 Å². The number of amides is 1. The summed E-state index contributed by atoms with van der Waals surface area (Å²) in [6, 6.07) is 19.1. The van der Waals surface area contributed by atoms with E-state index in [0.717, 1.165) is 16.9 Å². The maximum absolute atomic E-state index is 12.6. The topological polar surface area (TPSA) is 75.6 Å². The monoisotopic (exact) mass is 391 g/mol. The lowest BCUT2D eigenvalue weighted by molar-refractivity contribution is 0.0955. The Hall–Kier alpha value is -3.38. The summed E-state index contributed by atoms with van der Waals surface area (Å²) in [5.41, 5.74) is 3.94. The van der Waals surface area contributed by atoms with Crippen LogP contribution >= 0.6 is 11.6 Å². The molecule has 7 heteroatoms. The van der Waals surface area contributed by atoms with Gasteiger partial charge in [-0.05, 0) is 30.3 Å². The maximum Gasteiger partial charge on any atom is 0.255 e. The molecule has 2 aromatic carbocycles. The number of benzene rings is 2. The third-order valence-electron chi connectivity index (χ3n) is 4.35. The molecule has 4 aromatic rings. The van der Waals surface area contributed by atoms with Gasteiger partial charge >= 0.3 is 0 Å². The van der Waals surface area contributed by atoms with Gasteiger partial charge in [-0.2, -0.15) is 10.2 Å². The number of carbonyl (C=O) groups excluding carboxylic acids is 1. The molecule has 2 N–H and O–H groups in total. The molecule has 0 unspecified atom stereocenters. The highest BCUT2D eigenvalue weighted by Gasteiger charge is 2.15. The number of halogens is 1. The second kappa shape index (κ2) is 8.10. The first-order valence-corrected chi connectivity index (χ1v) is 9.26. The SMILES string of the molecule is O=C(NCCc1ccn(-c2ccccc2)n1)c1cn[nH]c1-c1ccc(Cl)cc1. The van der Waals surface area contributed by atoms with Crippen molar-refractivity contribution in [2.45, 2.75) is 6.42 Å². The molecule has 0 aliphatic rings. The number of para-hydroxylation sites is 1. The van der Waals surface area contributed by atoms with Crippen molar-refractivity contribution in [1.82, 2.24) is 25.3 Å². The van der Waals surface area contributed by atoms with Crippen molar-refractivity contribution in [3.8, 4) is 16.9 Å². The summed E-state index contributed by atoms with van der Waals surface area (Å²) >= 11 is 5.93. The highest BCUT2D eigenvalue weighted by Crippen LogP contribution is 2.22. The van der Waals surface area contributed by atoms with Crippen LogP contribution in [-0.2, 0) is 6.42 Å². The average molecular weight is 392 g/mol. The van der Waals surface area contributed by atoms with E-state index >= 15 is 0 Å². The molecule has 2 aromatic heterocycles. The Kier molecular flexibility index (Phi) is 5.21. The third kappa shape index (κ3) is 3.97.